The van der Waals surface area contributed by atoms with Gasteiger partial charge in [0, 0.05) is 12.0 Å². The lowest BCUT2D eigenvalue weighted by Gasteiger charge is -2.12. The molecule has 0 spiro atoms. The molecule has 0 amide bonds. The Labute approximate surface area is 138 Å². The molecule has 1 aliphatic heterocycles. The largest absolute Gasteiger partial charge is 0.462 e. The van der Waals surface area contributed by atoms with Gasteiger partial charge in [0.2, 0.25) is 10.0 Å². The monoisotopic (exact) mass is 347 g/mol. The van der Waals surface area contributed by atoms with Gasteiger partial charge in [0.05, 0.1) is 6.61 Å². The summed E-state index contributed by atoms with van der Waals surface area (Å²) in [5, 5.41) is 4.99. The minimum atomic E-state index is -4.15. The van der Waals surface area contributed by atoms with Crippen LogP contribution in [0.2, 0.25) is 0 Å². The van der Waals surface area contributed by atoms with Gasteiger partial charge >= 0.3 is 5.97 Å². The number of halogens is 1. The predicted molar refractivity (Wildman–Crippen MR) is 85.8 cm³/mol. The molecule has 2 N–H and O–H groups in total. The maximum atomic E-state index is 14.2. The molecule has 2 aromatic carbocycles. The van der Waals surface area contributed by atoms with Crippen LogP contribution in [0.1, 0.15) is 17.5 Å². The Bertz CT molecular complexity index is 936. The van der Waals surface area contributed by atoms with Crippen LogP contribution in [-0.4, -0.2) is 21.0 Å². The van der Waals surface area contributed by atoms with E-state index in [2.05, 4.69) is 0 Å². The van der Waals surface area contributed by atoms with Crippen molar-refractivity contribution in [3.05, 3.63) is 71.0 Å². The van der Waals surface area contributed by atoms with Gasteiger partial charge in [-0.05, 0) is 28.8 Å². The van der Waals surface area contributed by atoms with E-state index in [1.807, 2.05) is 6.07 Å². The highest BCUT2D eigenvalue weighted by atomic mass is 32.2. The van der Waals surface area contributed by atoms with Gasteiger partial charge in [-0.2, -0.15) is 0 Å². The molecule has 0 radical (unpaired) electrons. The normalized spacial score (nSPS) is 16.8. The molecule has 24 heavy (non-hydrogen) atoms. The van der Waals surface area contributed by atoms with Gasteiger partial charge < -0.3 is 4.74 Å². The molecule has 0 saturated carbocycles. The Hall–Kier alpha value is -2.51. The van der Waals surface area contributed by atoms with Crippen molar-refractivity contribution >= 4 is 21.6 Å². The van der Waals surface area contributed by atoms with Gasteiger partial charge in [0.1, 0.15) is 10.7 Å². The molecule has 3 rings (SSSR count). The third-order valence-electron chi connectivity index (χ3n) is 3.72. The van der Waals surface area contributed by atoms with E-state index in [0.717, 1.165) is 12.1 Å². The number of primary sulfonamides is 1. The molecule has 5 nitrogen and oxygen atoms in total. The molecular formula is C17H14FNO4S. The van der Waals surface area contributed by atoms with Crippen molar-refractivity contribution in [2.24, 2.45) is 5.14 Å². The quantitative estimate of drug-likeness (QED) is 0.681. The first-order valence-electron chi connectivity index (χ1n) is 7.16. The molecule has 0 aliphatic carbocycles. The van der Waals surface area contributed by atoms with Crippen LogP contribution in [0.4, 0.5) is 4.39 Å². The molecule has 124 valence electrons. The number of carbonyl (C=O) groups excluding carboxylic acids is 1. The number of nitrogens with two attached hydrogens (primary N) is 1. The Kier molecular flexibility index (Phi) is 4.21. The van der Waals surface area contributed by atoms with Crippen LogP contribution in [-0.2, 0) is 19.6 Å². The number of benzene rings is 2. The zero-order valence-corrected chi connectivity index (χ0v) is 13.3. The maximum absolute atomic E-state index is 14.2. The molecule has 0 unspecified atom stereocenters. The molecule has 7 heteroatoms. The summed E-state index contributed by atoms with van der Waals surface area (Å²) in [6, 6.07) is 12.6. The second-order valence-corrected chi connectivity index (χ2v) is 6.83. The highest BCUT2D eigenvalue weighted by molar-refractivity contribution is 7.89. The Morgan fingerprint density at radius 1 is 1.08 bits per heavy atom. The lowest BCUT2D eigenvalue weighted by Crippen LogP contribution is -2.14. The highest BCUT2D eigenvalue weighted by Crippen LogP contribution is 2.32. The summed E-state index contributed by atoms with van der Waals surface area (Å²) in [4.78, 5) is 11.4. The average molecular weight is 347 g/mol. The third-order valence-corrected chi connectivity index (χ3v) is 4.67. The van der Waals surface area contributed by atoms with E-state index in [0.29, 0.717) is 28.7 Å². The summed E-state index contributed by atoms with van der Waals surface area (Å²) < 4.78 is 41.9. The zero-order chi connectivity index (χ0) is 17.3. The first-order chi connectivity index (χ1) is 11.4. The van der Waals surface area contributed by atoms with Gasteiger partial charge in [0.25, 0.3) is 0 Å². The Morgan fingerprint density at radius 2 is 1.79 bits per heavy atom. The number of esters is 1. The van der Waals surface area contributed by atoms with Crippen LogP contribution in [0, 0.1) is 5.82 Å². The fourth-order valence-electron chi connectivity index (χ4n) is 2.67. The summed E-state index contributed by atoms with van der Waals surface area (Å²) in [7, 11) is -4.15. The first kappa shape index (κ1) is 16.4. The smallest absolute Gasteiger partial charge is 0.334 e. The summed E-state index contributed by atoms with van der Waals surface area (Å²) in [6.45, 7) is 0.266. The van der Waals surface area contributed by atoms with E-state index in [-0.39, 0.29) is 6.61 Å². The molecule has 1 fully saturated rings. The number of hydrogen-bond acceptors (Lipinski definition) is 4. The van der Waals surface area contributed by atoms with Crippen molar-refractivity contribution in [2.75, 3.05) is 6.61 Å². The average Bonchev–Trinajstić information content (AvgIpc) is 2.93. The van der Waals surface area contributed by atoms with Gasteiger partial charge in [-0.1, -0.05) is 36.4 Å². The molecular weight excluding hydrogens is 333 g/mol. The molecule has 2 aromatic rings. The van der Waals surface area contributed by atoms with Crippen LogP contribution < -0.4 is 5.14 Å². The van der Waals surface area contributed by atoms with E-state index in [1.165, 1.54) is 6.07 Å². The second-order valence-electron chi connectivity index (χ2n) is 5.30. The summed E-state index contributed by atoms with van der Waals surface area (Å²) in [5.74, 6) is -1.42. The molecule has 1 aliphatic rings. The van der Waals surface area contributed by atoms with E-state index < -0.39 is 26.7 Å². The number of sulfonamides is 1. The lowest BCUT2D eigenvalue weighted by atomic mass is 9.92. The number of rotatable bonds is 3. The molecule has 0 aromatic heterocycles. The molecule has 0 bridgehead atoms. The minimum Gasteiger partial charge on any atom is -0.462 e. The SMILES string of the molecule is NS(=O)(=O)c1ccc(/C(=C2\CCOC2=O)c2ccccc2)cc1F. The highest BCUT2D eigenvalue weighted by Gasteiger charge is 2.26. The van der Waals surface area contributed by atoms with E-state index in [9.17, 15) is 17.6 Å². The molecule has 0 atom stereocenters. The van der Waals surface area contributed by atoms with Crippen molar-refractivity contribution in [3.63, 3.8) is 0 Å². The van der Waals surface area contributed by atoms with Crippen molar-refractivity contribution in [3.8, 4) is 0 Å². The predicted octanol–water partition coefficient (Wildman–Crippen LogP) is 2.22. The van der Waals surface area contributed by atoms with Crippen molar-refractivity contribution in [2.45, 2.75) is 11.3 Å². The number of carbonyl (C=O) groups is 1. The van der Waals surface area contributed by atoms with Gasteiger partial charge in [-0.15, -0.1) is 0 Å². The number of hydrogen-bond donors (Lipinski definition) is 1. The second kappa shape index (κ2) is 6.18. The van der Waals surface area contributed by atoms with Crippen LogP contribution in [0.5, 0.6) is 0 Å². The minimum absolute atomic E-state index is 0.266. The van der Waals surface area contributed by atoms with E-state index in [1.54, 1.807) is 24.3 Å². The topological polar surface area (TPSA) is 86.5 Å². The third kappa shape index (κ3) is 3.08. The summed E-state index contributed by atoms with van der Waals surface area (Å²) in [6.07, 6.45) is 0.404. The fourth-order valence-corrected chi connectivity index (χ4v) is 3.26. The number of ether oxygens (including phenoxy) is 1. The summed E-state index contributed by atoms with van der Waals surface area (Å²) in [5.41, 5.74) is 2.07. The van der Waals surface area contributed by atoms with E-state index >= 15 is 0 Å². The first-order valence-corrected chi connectivity index (χ1v) is 8.71. The Balaban J connectivity index is 2.22. The van der Waals surface area contributed by atoms with Crippen LogP contribution in [0.3, 0.4) is 0 Å². The van der Waals surface area contributed by atoms with E-state index in [4.69, 9.17) is 9.88 Å². The van der Waals surface area contributed by atoms with Crippen LogP contribution in [0.15, 0.2) is 59.0 Å². The molecule has 1 heterocycles. The van der Waals surface area contributed by atoms with Gasteiger partial charge in [-0.3, -0.25) is 0 Å². The Morgan fingerprint density at radius 3 is 2.33 bits per heavy atom. The maximum Gasteiger partial charge on any atom is 0.334 e. The zero-order valence-electron chi connectivity index (χ0n) is 12.5. The van der Waals surface area contributed by atoms with Crippen molar-refractivity contribution in [1.29, 1.82) is 0 Å². The van der Waals surface area contributed by atoms with Crippen LogP contribution >= 0.6 is 0 Å². The van der Waals surface area contributed by atoms with Crippen molar-refractivity contribution in [1.82, 2.24) is 0 Å². The van der Waals surface area contributed by atoms with Crippen molar-refractivity contribution < 1.29 is 22.3 Å². The number of cyclic esters (lactones) is 1. The fraction of sp³-hybridized carbons (Fsp3) is 0.118. The van der Waals surface area contributed by atoms with Gasteiger partial charge in [0.15, 0.2) is 0 Å². The standard InChI is InChI=1S/C17H14FNO4S/c18-14-10-12(6-7-15(14)24(19,21)22)16(11-4-2-1-3-5-11)13-8-9-23-17(13)20/h1-7,10H,8-9H2,(H2,19,21,22)/b16-13+. The van der Waals surface area contributed by atoms with Gasteiger partial charge in [-0.25, -0.2) is 22.7 Å². The van der Waals surface area contributed by atoms with Crippen LogP contribution in [0.25, 0.3) is 5.57 Å². The lowest BCUT2D eigenvalue weighted by molar-refractivity contribution is -0.135. The molecule has 1 saturated heterocycles. The summed E-state index contributed by atoms with van der Waals surface area (Å²) >= 11 is 0.